The first kappa shape index (κ1) is 10.9. The third-order valence-electron chi connectivity index (χ3n) is 3.41. The lowest BCUT2D eigenvalue weighted by atomic mass is 9.85. The molecule has 5 heteroatoms. The molecule has 0 aliphatic heterocycles. The smallest absolute Gasteiger partial charge is 0.239 e. The number of hydrogen-bond acceptors (Lipinski definition) is 5. The second kappa shape index (κ2) is 3.91. The molecule has 90 valence electrons. The van der Waals surface area contributed by atoms with Crippen LogP contribution in [0.3, 0.4) is 0 Å². The van der Waals surface area contributed by atoms with Gasteiger partial charge in [0.2, 0.25) is 5.89 Å². The highest BCUT2D eigenvalue weighted by Crippen LogP contribution is 2.37. The largest absolute Gasteiger partial charge is 0.338 e. The van der Waals surface area contributed by atoms with Crippen molar-refractivity contribution in [3.05, 3.63) is 28.3 Å². The van der Waals surface area contributed by atoms with Crippen molar-refractivity contribution in [3.8, 4) is 0 Å². The zero-order valence-electron chi connectivity index (χ0n) is 10.0. The molecule has 2 aromatic heterocycles. The Labute approximate surface area is 104 Å². The zero-order chi connectivity index (χ0) is 11.9. The van der Waals surface area contributed by atoms with E-state index in [1.807, 2.05) is 11.6 Å². The summed E-state index contributed by atoms with van der Waals surface area (Å²) in [6, 6.07) is 0. The van der Waals surface area contributed by atoms with Gasteiger partial charge in [0.1, 0.15) is 5.01 Å². The summed E-state index contributed by atoms with van der Waals surface area (Å²) in [6.45, 7) is 4.15. The lowest BCUT2D eigenvalue weighted by Gasteiger charge is -2.21. The van der Waals surface area contributed by atoms with Crippen molar-refractivity contribution in [2.24, 2.45) is 0 Å². The number of nitrogens with zero attached hydrogens (tertiary/aromatic N) is 3. The maximum Gasteiger partial charge on any atom is 0.239 e. The van der Waals surface area contributed by atoms with Crippen LogP contribution in [0.15, 0.2) is 16.1 Å². The summed E-state index contributed by atoms with van der Waals surface area (Å²) in [5.41, 5.74) is -0.289. The predicted molar refractivity (Wildman–Crippen MR) is 65.1 cm³/mol. The highest BCUT2D eigenvalue weighted by molar-refractivity contribution is 7.09. The second-order valence-corrected chi connectivity index (χ2v) is 5.94. The summed E-state index contributed by atoms with van der Waals surface area (Å²) >= 11 is 1.62. The van der Waals surface area contributed by atoms with Gasteiger partial charge in [-0.3, -0.25) is 0 Å². The fraction of sp³-hybridized carbons (Fsp3) is 0.583. The summed E-state index contributed by atoms with van der Waals surface area (Å²) in [7, 11) is 0. The number of aromatic nitrogens is 3. The van der Waals surface area contributed by atoms with Crippen LogP contribution in [0.2, 0.25) is 0 Å². The Morgan fingerprint density at radius 2 is 2.24 bits per heavy atom. The SMILES string of the molecule is CC(C)(c1nc(C2CCC2)no1)c1nccs1. The second-order valence-electron chi connectivity index (χ2n) is 5.05. The van der Waals surface area contributed by atoms with Gasteiger partial charge in [-0.1, -0.05) is 11.6 Å². The van der Waals surface area contributed by atoms with Crippen LogP contribution in [0.4, 0.5) is 0 Å². The number of thiazole rings is 1. The van der Waals surface area contributed by atoms with E-state index in [2.05, 4.69) is 29.0 Å². The highest BCUT2D eigenvalue weighted by Gasteiger charge is 2.34. The molecular weight excluding hydrogens is 234 g/mol. The van der Waals surface area contributed by atoms with Gasteiger partial charge in [-0.2, -0.15) is 4.98 Å². The maximum atomic E-state index is 5.42. The van der Waals surface area contributed by atoms with Crippen LogP contribution in [0.25, 0.3) is 0 Å². The van der Waals surface area contributed by atoms with Gasteiger partial charge in [-0.25, -0.2) is 4.98 Å². The average molecular weight is 249 g/mol. The molecule has 0 amide bonds. The van der Waals surface area contributed by atoms with Crippen molar-refractivity contribution in [1.82, 2.24) is 15.1 Å². The van der Waals surface area contributed by atoms with Gasteiger partial charge in [0.05, 0.1) is 5.41 Å². The van der Waals surface area contributed by atoms with E-state index in [1.165, 1.54) is 19.3 Å². The minimum Gasteiger partial charge on any atom is -0.338 e. The molecule has 0 spiro atoms. The molecule has 0 unspecified atom stereocenters. The Morgan fingerprint density at radius 1 is 1.41 bits per heavy atom. The first-order valence-electron chi connectivity index (χ1n) is 5.92. The predicted octanol–water partition coefficient (Wildman–Crippen LogP) is 3.12. The lowest BCUT2D eigenvalue weighted by Crippen LogP contribution is -2.19. The molecule has 2 aromatic rings. The van der Waals surface area contributed by atoms with Crippen molar-refractivity contribution in [1.29, 1.82) is 0 Å². The summed E-state index contributed by atoms with van der Waals surface area (Å²) in [6.07, 6.45) is 5.47. The molecule has 4 nitrogen and oxygen atoms in total. The van der Waals surface area contributed by atoms with Gasteiger partial charge in [0.15, 0.2) is 5.82 Å². The van der Waals surface area contributed by atoms with E-state index in [0.29, 0.717) is 11.8 Å². The van der Waals surface area contributed by atoms with Gasteiger partial charge in [0, 0.05) is 17.5 Å². The number of rotatable bonds is 3. The maximum absolute atomic E-state index is 5.42. The standard InChI is InChI=1S/C12H15N3OS/c1-12(2,11-13-6-7-17-11)10-14-9(15-16-10)8-4-3-5-8/h6-8H,3-5H2,1-2H3. The van der Waals surface area contributed by atoms with E-state index < -0.39 is 0 Å². The Hall–Kier alpha value is -1.23. The van der Waals surface area contributed by atoms with Crippen LogP contribution >= 0.6 is 11.3 Å². The Morgan fingerprint density at radius 3 is 2.82 bits per heavy atom. The fourth-order valence-electron chi connectivity index (χ4n) is 1.94. The third-order valence-corrected chi connectivity index (χ3v) is 4.51. The molecule has 0 N–H and O–H groups in total. The van der Waals surface area contributed by atoms with Crippen LogP contribution in [-0.2, 0) is 5.41 Å². The minimum atomic E-state index is -0.289. The molecule has 1 saturated carbocycles. The van der Waals surface area contributed by atoms with Crippen LogP contribution < -0.4 is 0 Å². The Kier molecular flexibility index (Phi) is 2.50. The molecule has 1 fully saturated rings. The molecule has 3 rings (SSSR count). The van der Waals surface area contributed by atoms with Gasteiger partial charge in [0.25, 0.3) is 0 Å². The van der Waals surface area contributed by atoms with Crippen LogP contribution in [-0.4, -0.2) is 15.1 Å². The molecular formula is C12H15N3OS. The van der Waals surface area contributed by atoms with Crippen LogP contribution in [0.1, 0.15) is 55.8 Å². The van der Waals surface area contributed by atoms with E-state index in [1.54, 1.807) is 11.3 Å². The van der Waals surface area contributed by atoms with E-state index in [9.17, 15) is 0 Å². The van der Waals surface area contributed by atoms with Gasteiger partial charge < -0.3 is 4.52 Å². The summed E-state index contributed by atoms with van der Waals surface area (Å²) < 4.78 is 5.42. The quantitative estimate of drug-likeness (QED) is 0.838. The molecule has 0 atom stereocenters. The normalized spacial score (nSPS) is 17.1. The van der Waals surface area contributed by atoms with Gasteiger partial charge in [-0.05, 0) is 26.7 Å². The third kappa shape index (κ3) is 1.78. The molecule has 0 aromatic carbocycles. The molecule has 17 heavy (non-hydrogen) atoms. The van der Waals surface area contributed by atoms with E-state index in [-0.39, 0.29) is 5.41 Å². The zero-order valence-corrected chi connectivity index (χ0v) is 10.8. The lowest BCUT2D eigenvalue weighted by molar-refractivity contribution is 0.319. The van der Waals surface area contributed by atoms with E-state index in [0.717, 1.165) is 10.8 Å². The van der Waals surface area contributed by atoms with Crippen LogP contribution in [0.5, 0.6) is 0 Å². The van der Waals surface area contributed by atoms with Crippen molar-refractivity contribution in [3.63, 3.8) is 0 Å². The first-order valence-corrected chi connectivity index (χ1v) is 6.80. The van der Waals surface area contributed by atoms with E-state index in [4.69, 9.17) is 4.52 Å². The Balaban J connectivity index is 1.90. The highest BCUT2D eigenvalue weighted by atomic mass is 32.1. The van der Waals surface area contributed by atoms with Crippen molar-refractivity contribution >= 4 is 11.3 Å². The summed E-state index contributed by atoms with van der Waals surface area (Å²) in [4.78, 5) is 8.89. The molecule has 2 heterocycles. The fourth-order valence-corrected chi connectivity index (χ4v) is 2.70. The van der Waals surface area contributed by atoms with Crippen molar-refractivity contribution in [2.45, 2.75) is 44.4 Å². The van der Waals surface area contributed by atoms with Crippen molar-refractivity contribution < 1.29 is 4.52 Å². The number of hydrogen-bond donors (Lipinski definition) is 0. The van der Waals surface area contributed by atoms with Gasteiger partial charge >= 0.3 is 0 Å². The van der Waals surface area contributed by atoms with Crippen LogP contribution in [0, 0.1) is 0 Å². The minimum absolute atomic E-state index is 0.289. The topological polar surface area (TPSA) is 51.8 Å². The Bertz CT molecular complexity index is 500. The summed E-state index contributed by atoms with van der Waals surface area (Å²) in [5, 5.41) is 7.09. The van der Waals surface area contributed by atoms with Crippen molar-refractivity contribution in [2.75, 3.05) is 0 Å². The monoisotopic (exact) mass is 249 g/mol. The average Bonchev–Trinajstić information content (AvgIpc) is 2.85. The molecule has 1 aliphatic rings. The molecule has 0 bridgehead atoms. The molecule has 0 saturated heterocycles. The molecule has 1 aliphatic carbocycles. The first-order chi connectivity index (χ1) is 8.18. The van der Waals surface area contributed by atoms with E-state index >= 15 is 0 Å². The molecule has 0 radical (unpaired) electrons. The summed E-state index contributed by atoms with van der Waals surface area (Å²) in [5.74, 6) is 2.06. The van der Waals surface area contributed by atoms with Gasteiger partial charge in [-0.15, -0.1) is 11.3 Å².